The Morgan fingerprint density at radius 3 is 2.93 bits per heavy atom. The molecule has 82 valence electrons. The maximum Gasteiger partial charge on any atom is 0.115 e. The first-order chi connectivity index (χ1) is 7.31. The third kappa shape index (κ3) is 2.73. The zero-order chi connectivity index (χ0) is 10.7. The van der Waals surface area contributed by atoms with E-state index in [1.807, 2.05) is 6.07 Å². The van der Waals surface area contributed by atoms with Crippen LogP contribution >= 0.6 is 0 Å². The molecule has 0 bridgehead atoms. The molecule has 1 saturated carbocycles. The van der Waals surface area contributed by atoms with Crippen LogP contribution < -0.4 is 5.73 Å². The molecule has 4 heteroatoms. The maximum absolute atomic E-state index is 5.79. The zero-order valence-electron chi connectivity index (χ0n) is 9.13. The molecule has 2 rings (SSSR count). The quantitative estimate of drug-likeness (QED) is 0.768. The van der Waals surface area contributed by atoms with Crippen molar-refractivity contribution in [2.24, 2.45) is 11.7 Å². The molecule has 2 N–H and O–H groups in total. The summed E-state index contributed by atoms with van der Waals surface area (Å²) in [4.78, 5) is 10.4. The molecule has 1 unspecified atom stereocenters. The van der Waals surface area contributed by atoms with Gasteiger partial charge in [0, 0.05) is 25.3 Å². The number of hydrogen-bond acceptors (Lipinski definition) is 4. The lowest BCUT2D eigenvalue weighted by Gasteiger charge is -2.26. The molecule has 0 spiro atoms. The standard InChI is InChI=1S/C11H18N4/c1-15(11(6-12)9-2-3-9)7-10-4-5-13-8-14-10/h4-5,8-9,11H,2-3,6-7,12H2,1H3. The molecule has 1 aliphatic rings. The van der Waals surface area contributed by atoms with Crippen molar-refractivity contribution >= 4 is 0 Å². The van der Waals surface area contributed by atoms with Gasteiger partial charge in [-0.05, 0) is 31.9 Å². The molecular weight excluding hydrogens is 188 g/mol. The van der Waals surface area contributed by atoms with Crippen LogP contribution in [0.2, 0.25) is 0 Å². The molecule has 0 radical (unpaired) electrons. The van der Waals surface area contributed by atoms with E-state index in [0.29, 0.717) is 6.04 Å². The molecule has 0 saturated heterocycles. The van der Waals surface area contributed by atoms with E-state index >= 15 is 0 Å². The lowest BCUT2D eigenvalue weighted by molar-refractivity contribution is 0.213. The minimum Gasteiger partial charge on any atom is -0.329 e. The van der Waals surface area contributed by atoms with E-state index < -0.39 is 0 Å². The predicted molar refractivity (Wildman–Crippen MR) is 59.1 cm³/mol. The molecule has 1 fully saturated rings. The minimum absolute atomic E-state index is 0.514. The van der Waals surface area contributed by atoms with E-state index in [0.717, 1.165) is 24.7 Å². The van der Waals surface area contributed by atoms with Gasteiger partial charge in [0.1, 0.15) is 6.33 Å². The lowest BCUT2D eigenvalue weighted by atomic mass is 10.1. The van der Waals surface area contributed by atoms with Crippen molar-refractivity contribution in [2.75, 3.05) is 13.6 Å². The number of hydrogen-bond donors (Lipinski definition) is 1. The number of nitrogens with two attached hydrogens (primary N) is 1. The highest BCUT2D eigenvalue weighted by atomic mass is 15.2. The fraction of sp³-hybridized carbons (Fsp3) is 0.636. The van der Waals surface area contributed by atoms with Gasteiger partial charge in [0.25, 0.3) is 0 Å². The van der Waals surface area contributed by atoms with Crippen LogP contribution in [-0.4, -0.2) is 34.5 Å². The summed E-state index contributed by atoms with van der Waals surface area (Å²) >= 11 is 0. The summed E-state index contributed by atoms with van der Waals surface area (Å²) in [5, 5.41) is 0. The second-order valence-corrected chi connectivity index (χ2v) is 4.26. The molecule has 1 atom stereocenters. The SMILES string of the molecule is CN(Cc1ccncn1)C(CN)C1CC1. The van der Waals surface area contributed by atoms with Crippen LogP contribution in [0.3, 0.4) is 0 Å². The van der Waals surface area contributed by atoms with E-state index in [2.05, 4.69) is 21.9 Å². The van der Waals surface area contributed by atoms with Crippen molar-refractivity contribution in [1.82, 2.24) is 14.9 Å². The summed E-state index contributed by atoms with van der Waals surface area (Å²) < 4.78 is 0. The van der Waals surface area contributed by atoms with Crippen molar-refractivity contribution in [3.8, 4) is 0 Å². The highest BCUT2D eigenvalue weighted by molar-refractivity contribution is 4.99. The Hall–Kier alpha value is -1.00. The fourth-order valence-corrected chi connectivity index (χ4v) is 2.00. The highest BCUT2D eigenvalue weighted by Gasteiger charge is 2.32. The van der Waals surface area contributed by atoms with Crippen LogP contribution in [0.1, 0.15) is 18.5 Å². The van der Waals surface area contributed by atoms with Crippen LogP contribution in [0.25, 0.3) is 0 Å². The summed E-state index contributed by atoms with van der Waals surface area (Å²) in [6, 6.07) is 2.47. The van der Waals surface area contributed by atoms with E-state index in [-0.39, 0.29) is 0 Å². The van der Waals surface area contributed by atoms with Gasteiger partial charge in [-0.1, -0.05) is 0 Å². The average Bonchev–Trinajstić information content (AvgIpc) is 3.04. The van der Waals surface area contributed by atoms with E-state index in [9.17, 15) is 0 Å². The molecule has 0 amide bonds. The number of nitrogens with zero attached hydrogens (tertiary/aromatic N) is 3. The molecule has 1 heterocycles. The molecular formula is C11H18N4. The normalized spacial score (nSPS) is 18.1. The van der Waals surface area contributed by atoms with Gasteiger partial charge in [-0.25, -0.2) is 9.97 Å². The third-order valence-corrected chi connectivity index (χ3v) is 3.03. The fourth-order valence-electron chi connectivity index (χ4n) is 2.00. The topological polar surface area (TPSA) is 55.0 Å². The molecule has 1 aromatic heterocycles. The molecule has 1 aromatic rings. The second kappa shape index (κ2) is 4.68. The Labute approximate surface area is 90.5 Å². The van der Waals surface area contributed by atoms with Gasteiger partial charge >= 0.3 is 0 Å². The average molecular weight is 206 g/mol. The maximum atomic E-state index is 5.79. The molecule has 0 aromatic carbocycles. The van der Waals surface area contributed by atoms with Crippen molar-refractivity contribution < 1.29 is 0 Å². The van der Waals surface area contributed by atoms with Crippen LogP contribution in [0, 0.1) is 5.92 Å². The summed E-state index contributed by atoms with van der Waals surface area (Å²) in [5.74, 6) is 0.807. The first-order valence-electron chi connectivity index (χ1n) is 5.46. The number of rotatable bonds is 5. The van der Waals surface area contributed by atoms with E-state index in [1.165, 1.54) is 12.8 Å². The van der Waals surface area contributed by atoms with Gasteiger partial charge in [0.2, 0.25) is 0 Å². The lowest BCUT2D eigenvalue weighted by Crippen LogP contribution is -2.39. The molecule has 1 aliphatic carbocycles. The largest absolute Gasteiger partial charge is 0.329 e. The Bertz CT molecular complexity index is 297. The number of likely N-dealkylation sites (N-methyl/N-ethyl adjacent to an activating group) is 1. The molecule has 4 nitrogen and oxygen atoms in total. The summed E-state index contributed by atoms with van der Waals surface area (Å²) in [6.07, 6.45) is 6.04. The first kappa shape index (κ1) is 10.5. The Kier molecular flexibility index (Phi) is 3.28. The van der Waals surface area contributed by atoms with Gasteiger partial charge in [-0.2, -0.15) is 0 Å². The highest BCUT2D eigenvalue weighted by Crippen LogP contribution is 2.34. The molecule has 0 aliphatic heterocycles. The van der Waals surface area contributed by atoms with E-state index in [4.69, 9.17) is 5.73 Å². The van der Waals surface area contributed by atoms with Crippen molar-refractivity contribution in [3.05, 3.63) is 24.3 Å². The van der Waals surface area contributed by atoms with Gasteiger partial charge < -0.3 is 5.73 Å². The van der Waals surface area contributed by atoms with Crippen LogP contribution in [0.5, 0.6) is 0 Å². The predicted octanol–water partition coefficient (Wildman–Crippen LogP) is 0.646. The summed E-state index contributed by atoms with van der Waals surface area (Å²) in [5.41, 5.74) is 6.86. The zero-order valence-corrected chi connectivity index (χ0v) is 9.13. The van der Waals surface area contributed by atoms with Crippen molar-refractivity contribution in [1.29, 1.82) is 0 Å². The monoisotopic (exact) mass is 206 g/mol. The van der Waals surface area contributed by atoms with Crippen LogP contribution in [-0.2, 0) is 6.54 Å². The summed E-state index contributed by atoms with van der Waals surface area (Å²) in [6.45, 7) is 1.60. The Morgan fingerprint density at radius 2 is 2.40 bits per heavy atom. The second-order valence-electron chi connectivity index (χ2n) is 4.26. The van der Waals surface area contributed by atoms with Crippen molar-refractivity contribution in [3.63, 3.8) is 0 Å². The smallest absolute Gasteiger partial charge is 0.115 e. The van der Waals surface area contributed by atoms with Crippen molar-refractivity contribution in [2.45, 2.75) is 25.4 Å². The van der Waals surface area contributed by atoms with Gasteiger partial charge in [0.05, 0.1) is 5.69 Å². The third-order valence-electron chi connectivity index (χ3n) is 3.03. The van der Waals surface area contributed by atoms with Gasteiger partial charge in [-0.15, -0.1) is 0 Å². The van der Waals surface area contributed by atoms with E-state index in [1.54, 1.807) is 12.5 Å². The Balaban J connectivity index is 1.93. The Morgan fingerprint density at radius 1 is 1.60 bits per heavy atom. The van der Waals surface area contributed by atoms with Crippen LogP contribution in [0.4, 0.5) is 0 Å². The minimum atomic E-state index is 0.514. The van der Waals surface area contributed by atoms with Gasteiger partial charge in [-0.3, -0.25) is 4.90 Å². The number of aromatic nitrogens is 2. The first-order valence-corrected chi connectivity index (χ1v) is 5.46. The summed E-state index contributed by atoms with van der Waals surface area (Å²) in [7, 11) is 2.12. The molecule has 15 heavy (non-hydrogen) atoms. The van der Waals surface area contributed by atoms with Crippen LogP contribution in [0.15, 0.2) is 18.6 Å². The van der Waals surface area contributed by atoms with Gasteiger partial charge in [0.15, 0.2) is 0 Å².